The second-order valence-corrected chi connectivity index (χ2v) is 6.36. The van der Waals surface area contributed by atoms with Gasteiger partial charge in [-0.1, -0.05) is 24.3 Å². The first kappa shape index (κ1) is 12.7. The maximum Gasteiger partial charge on any atom is 0.0774 e. The summed E-state index contributed by atoms with van der Waals surface area (Å²) in [5.74, 6) is 0. The fourth-order valence-corrected chi connectivity index (χ4v) is 3.57. The van der Waals surface area contributed by atoms with E-state index in [9.17, 15) is 0 Å². The van der Waals surface area contributed by atoms with Crippen LogP contribution in [0.15, 0.2) is 46.8 Å². The van der Waals surface area contributed by atoms with E-state index in [2.05, 4.69) is 41.8 Å². The molecule has 0 fully saturated rings. The lowest BCUT2D eigenvalue weighted by molar-refractivity contribution is 0.672. The van der Waals surface area contributed by atoms with Crippen molar-refractivity contribution >= 4 is 34.1 Å². The first-order valence-corrected chi connectivity index (χ1v) is 8.28. The Morgan fingerprint density at radius 2 is 1.95 bits per heavy atom. The molecule has 0 saturated carbocycles. The summed E-state index contributed by atoms with van der Waals surface area (Å²) >= 11 is 1.72. The molecule has 1 aliphatic carbocycles. The van der Waals surface area contributed by atoms with Gasteiger partial charge in [0.15, 0.2) is 0 Å². The van der Waals surface area contributed by atoms with Crippen LogP contribution in [-0.4, -0.2) is 11.2 Å². The highest BCUT2D eigenvalue weighted by Crippen LogP contribution is 2.35. The molecule has 0 N–H and O–H groups in total. The summed E-state index contributed by atoms with van der Waals surface area (Å²) in [6, 6.07) is 12.5. The van der Waals surface area contributed by atoms with Crippen molar-refractivity contribution in [2.75, 3.05) is 0 Å². The summed E-state index contributed by atoms with van der Waals surface area (Å²) in [6.07, 6.45) is 6.66. The Morgan fingerprint density at radius 1 is 1.05 bits per heavy atom. The molecule has 2 aromatic heterocycles. The molecular weight excluding hydrogens is 276 g/mol. The Balaban J connectivity index is 1.92. The average Bonchev–Trinajstić information content (AvgIpc) is 3.05. The van der Waals surface area contributed by atoms with Crippen LogP contribution < -0.4 is 0 Å². The van der Waals surface area contributed by atoms with E-state index >= 15 is 0 Å². The van der Waals surface area contributed by atoms with E-state index in [0.29, 0.717) is 0 Å². The lowest BCUT2D eigenvalue weighted by atomic mass is 9.93. The average molecular weight is 292 g/mol. The van der Waals surface area contributed by atoms with Crippen LogP contribution in [0.5, 0.6) is 0 Å². The van der Waals surface area contributed by atoms with Crippen LogP contribution in [0.2, 0.25) is 0 Å². The third-order valence-electron chi connectivity index (χ3n) is 4.00. The standard InChI is InChI=1S/C18H16N2S/c1-3-9-16-14(7-1)18(19-12-13-6-5-11-21-13)15-8-2-4-10-17(15)20-16/h1,3,5-7,9,11-12H,2,4,8,10H2/b19-12+. The molecule has 0 atom stereocenters. The number of thiophene rings is 1. The fourth-order valence-electron chi connectivity index (χ4n) is 2.99. The first-order chi connectivity index (χ1) is 10.4. The molecule has 0 bridgehead atoms. The quantitative estimate of drug-likeness (QED) is 0.615. The van der Waals surface area contributed by atoms with Crippen LogP contribution in [0.3, 0.4) is 0 Å². The van der Waals surface area contributed by atoms with Crippen LogP contribution in [0, 0.1) is 0 Å². The molecule has 2 nitrogen and oxygen atoms in total. The van der Waals surface area contributed by atoms with Gasteiger partial charge < -0.3 is 0 Å². The topological polar surface area (TPSA) is 25.2 Å². The van der Waals surface area contributed by atoms with Gasteiger partial charge in [0.05, 0.1) is 11.2 Å². The molecular formula is C18H16N2S. The highest BCUT2D eigenvalue weighted by Gasteiger charge is 2.17. The number of aromatic nitrogens is 1. The van der Waals surface area contributed by atoms with Crippen molar-refractivity contribution in [3.05, 3.63) is 57.9 Å². The predicted octanol–water partition coefficient (Wildman–Crippen LogP) is 4.93. The summed E-state index contributed by atoms with van der Waals surface area (Å²) in [6.45, 7) is 0. The molecule has 0 spiro atoms. The fraction of sp³-hybridized carbons (Fsp3) is 0.222. The molecule has 1 aromatic carbocycles. The Hall–Kier alpha value is -2.00. The van der Waals surface area contributed by atoms with E-state index in [1.54, 1.807) is 11.3 Å². The molecule has 0 aliphatic heterocycles. The molecule has 21 heavy (non-hydrogen) atoms. The van der Waals surface area contributed by atoms with Gasteiger partial charge in [0.25, 0.3) is 0 Å². The smallest absolute Gasteiger partial charge is 0.0774 e. The molecule has 0 radical (unpaired) electrons. The van der Waals surface area contributed by atoms with E-state index in [1.807, 2.05) is 6.21 Å². The Kier molecular flexibility index (Phi) is 3.28. The maximum absolute atomic E-state index is 4.85. The zero-order chi connectivity index (χ0) is 14.1. The summed E-state index contributed by atoms with van der Waals surface area (Å²) in [4.78, 5) is 10.9. The Bertz CT molecular complexity index is 803. The van der Waals surface area contributed by atoms with Gasteiger partial charge in [-0.2, -0.15) is 0 Å². The van der Waals surface area contributed by atoms with Crippen molar-refractivity contribution in [2.45, 2.75) is 25.7 Å². The summed E-state index contributed by atoms with van der Waals surface area (Å²) in [5, 5.41) is 3.26. The molecule has 4 rings (SSSR count). The number of para-hydroxylation sites is 1. The van der Waals surface area contributed by atoms with E-state index in [4.69, 9.17) is 9.98 Å². The first-order valence-electron chi connectivity index (χ1n) is 7.40. The van der Waals surface area contributed by atoms with Crippen molar-refractivity contribution in [2.24, 2.45) is 4.99 Å². The number of aryl methyl sites for hydroxylation is 1. The molecule has 1 aliphatic rings. The summed E-state index contributed by atoms with van der Waals surface area (Å²) < 4.78 is 0. The predicted molar refractivity (Wildman–Crippen MR) is 90.0 cm³/mol. The molecule has 0 unspecified atom stereocenters. The van der Waals surface area contributed by atoms with Crippen molar-refractivity contribution in [1.82, 2.24) is 4.98 Å². The lowest BCUT2D eigenvalue weighted by Crippen LogP contribution is -2.06. The molecule has 104 valence electrons. The van der Waals surface area contributed by atoms with Gasteiger partial charge in [0, 0.05) is 22.2 Å². The highest BCUT2D eigenvalue weighted by molar-refractivity contribution is 7.11. The van der Waals surface area contributed by atoms with Crippen LogP contribution in [0.25, 0.3) is 10.9 Å². The number of fused-ring (bicyclic) bond motifs is 2. The van der Waals surface area contributed by atoms with Crippen LogP contribution in [-0.2, 0) is 12.8 Å². The van der Waals surface area contributed by atoms with Crippen molar-refractivity contribution in [1.29, 1.82) is 0 Å². The number of nitrogens with zero attached hydrogens (tertiary/aromatic N) is 2. The molecule has 3 heteroatoms. The molecule has 3 aromatic rings. The van der Waals surface area contributed by atoms with Gasteiger partial charge in [-0.15, -0.1) is 11.3 Å². The van der Waals surface area contributed by atoms with Gasteiger partial charge in [0.2, 0.25) is 0 Å². The molecule has 2 heterocycles. The van der Waals surface area contributed by atoms with Gasteiger partial charge in [-0.25, -0.2) is 0 Å². The third-order valence-corrected chi connectivity index (χ3v) is 4.81. The SMILES string of the molecule is C(=N\c1c2c(nc3ccccc13)CCCC2)/c1cccs1. The number of hydrogen-bond acceptors (Lipinski definition) is 3. The number of aliphatic imine (C=N–C) groups is 1. The van der Waals surface area contributed by atoms with Crippen molar-refractivity contribution in [3.8, 4) is 0 Å². The zero-order valence-corrected chi connectivity index (χ0v) is 12.6. The van der Waals surface area contributed by atoms with Gasteiger partial charge in [-0.05, 0) is 48.8 Å². The molecule has 0 saturated heterocycles. The van der Waals surface area contributed by atoms with Crippen molar-refractivity contribution < 1.29 is 0 Å². The number of rotatable bonds is 2. The van der Waals surface area contributed by atoms with E-state index in [1.165, 1.54) is 34.4 Å². The summed E-state index contributed by atoms with van der Waals surface area (Å²) in [5.41, 5.74) is 4.80. The second-order valence-electron chi connectivity index (χ2n) is 5.38. The van der Waals surface area contributed by atoms with Crippen LogP contribution in [0.1, 0.15) is 29.0 Å². The van der Waals surface area contributed by atoms with Crippen LogP contribution in [0.4, 0.5) is 5.69 Å². The Labute approximate surface area is 128 Å². The minimum Gasteiger partial charge on any atom is -0.254 e. The highest BCUT2D eigenvalue weighted by atomic mass is 32.1. The van der Waals surface area contributed by atoms with E-state index in [-0.39, 0.29) is 0 Å². The van der Waals surface area contributed by atoms with Gasteiger partial charge in [0.1, 0.15) is 0 Å². The lowest BCUT2D eigenvalue weighted by Gasteiger charge is -2.18. The molecule has 0 amide bonds. The minimum absolute atomic E-state index is 1.07. The van der Waals surface area contributed by atoms with E-state index < -0.39 is 0 Å². The second kappa shape index (κ2) is 5.41. The summed E-state index contributed by atoms with van der Waals surface area (Å²) in [7, 11) is 0. The normalized spacial score (nSPS) is 14.7. The minimum atomic E-state index is 1.07. The third kappa shape index (κ3) is 2.38. The monoisotopic (exact) mass is 292 g/mol. The van der Waals surface area contributed by atoms with Crippen molar-refractivity contribution in [3.63, 3.8) is 0 Å². The van der Waals surface area contributed by atoms with Gasteiger partial charge >= 0.3 is 0 Å². The maximum atomic E-state index is 4.85. The van der Waals surface area contributed by atoms with Gasteiger partial charge in [-0.3, -0.25) is 9.98 Å². The van der Waals surface area contributed by atoms with Crippen LogP contribution >= 0.6 is 11.3 Å². The Morgan fingerprint density at radius 3 is 2.86 bits per heavy atom. The van der Waals surface area contributed by atoms with E-state index in [0.717, 1.165) is 24.0 Å². The number of pyridine rings is 1. The number of benzene rings is 1. The zero-order valence-electron chi connectivity index (χ0n) is 11.7. The number of hydrogen-bond donors (Lipinski definition) is 0. The largest absolute Gasteiger partial charge is 0.254 e.